The van der Waals surface area contributed by atoms with E-state index >= 15 is 0 Å². The minimum absolute atomic E-state index is 0.167. The molecule has 158 valence electrons. The predicted octanol–water partition coefficient (Wildman–Crippen LogP) is 2.94. The Morgan fingerprint density at radius 2 is 2.00 bits per heavy atom. The van der Waals surface area contributed by atoms with Crippen molar-refractivity contribution in [3.8, 4) is 0 Å². The molecule has 1 saturated heterocycles. The Hall–Kier alpha value is -3.00. The van der Waals surface area contributed by atoms with Crippen LogP contribution >= 0.6 is 0 Å². The number of likely N-dealkylation sites (N-methyl/N-ethyl adjacent to an activating group) is 1. The van der Waals surface area contributed by atoms with E-state index in [1.807, 2.05) is 32.6 Å². The van der Waals surface area contributed by atoms with Crippen LogP contribution in [0, 0.1) is 5.82 Å². The van der Waals surface area contributed by atoms with Crippen LogP contribution in [0.4, 0.5) is 10.1 Å². The van der Waals surface area contributed by atoms with Crippen molar-refractivity contribution in [2.24, 2.45) is 0 Å². The number of hydrogen-bond donors (Lipinski definition) is 2. The molecule has 0 amide bonds. The minimum atomic E-state index is -1.30. The summed E-state index contributed by atoms with van der Waals surface area (Å²) in [6.07, 6.45) is 1.34. The molecular formula is C22H25FN4O3. The molecular weight excluding hydrogens is 387 g/mol. The first-order chi connectivity index (χ1) is 14.1. The molecule has 3 aromatic rings. The Kier molecular flexibility index (Phi) is 4.77. The van der Waals surface area contributed by atoms with Gasteiger partial charge in [0.15, 0.2) is 0 Å². The topological polar surface area (TPSA) is 87.5 Å². The molecule has 0 bridgehead atoms. The van der Waals surface area contributed by atoms with Gasteiger partial charge in [-0.1, -0.05) is 6.92 Å². The molecule has 3 heterocycles. The van der Waals surface area contributed by atoms with Crippen LogP contribution in [0.2, 0.25) is 0 Å². The molecule has 0 atom stereocenters. The van der Waals surface area contributed by atoms with E-state index in [1.165, 1.54) is 12.3 Å². The second kappa shape index (κ2) is 7.05. The van der Waals surface area contributed by atoms with E-state index in [0.717, 1.165) is 19.6 Å². The van der Waals surface area contributed by atoms with Crippen LogP contribution in [-0.4, -0.2) is 46.3 Å². The standard InChI is InChI=1S/C22H25FN4O3/c1-5-24-13-9-26(10-13)18-8-17-12(7-16(18)23)6-14-19(28)15(21(29)30)11-27(20(14)25-17)22(2,3)4/h6-8,11,13,24H,5,9-10H2,1-4H3,(H,29,30). The molecule has 0 saturated carbocycles. The Morgan fingerprint density at radius 1 is 1.30 bits per heavy atom. The number of hydrogen-bond acceptors (Lipinski definition) is 5. The zero-order valence-corrected chi connectivity index (χ0v) is 17.5. The summed E-state index contributed by atoms with van der Waals surface area (Å²) in [7, 11) is 0. The van der Waals surface area contributed by atoms with Gasteiger partial charge in [0.05, 0.1) is 16.6 Å². The van der Waals surface area contributed by atoms with E-state index in [2.05, 4.69) is 10.3 Å². The third-order valence-electron chi connectivity index (χ3n) is 5.51. The second-order valence-corrected chi connectivity index (χ2v) is 8.73. The largest absolute Gasteiger partial charge is 0.477 e. The zero-order chi connectivity index (χ0) is 21.8. The summed E-state index contributed by atoms with van der Waals surface area (Å²) in [6, 6.07) is 4.95. The maximum absolute atomic E-state index is 14.8. The number of benzene rings is 1. The van der Waals surface area contributed by atoms with E-state index in [-0.39, 0.29) is 16.8 Å². The molecule has 8 heteroatoms. The smallest absolute Gasteiger partial charge is 0.341 e. The number of pyridine rings is 2. The highest BCUT2D eigenvalue weighted by atomic mass is 19.1. The molecule has 0 unspecified atom stereocenters. The van der Waals surface area contributed by atoms with Crippen molar-refractivity contribution in [1.82, 2.24) is 14.9 Å². The first-order valence-corrected chi connectivity index (χ1v) is 10.0. The summed E-state index contributed by atoms with van der Waals surface area (Å²) in [5.74, 6) is -1.68. The van der Waals surface area contributed by atoms with Gasteiger partial charge in [-0.2, -0.15) is 0 Å². The predicted molar refractivity (Wildman–Crippen MR) is 115 cm³/mol. The van der Waals surface area contributed by atoms with Crippen LogP contribution in [0.15, 0.2) is 29.2 Å². The van der Waals surface area contributed by atoms with Gasteiger partial charge in [-0.15, -0.1) is 0 Å². The van der Waals surface area contributed by atoms with Crippen LogP contribution in [0.25, 0.3) is 21.9 Å². The van der Waals surface area contributed by atoms with Gasteiger partial charge in [0, 0.05) is 36.3 Å². The molecule has 1 aromatic carbocycles. The third kappa shape index (κ3) is 3.31. The van der Waals surface area contributed by atoms with Gasteiger partial charge in [-0.3, -0.25) is 4.79 Å². The molecule has 2 N–H and O–H groups in total. The molecule has 7 nitrogen and oxygen atoms in total. The number of carbonyl (C=O) groups is 1. The lowest BCUT2D eigenvalue weighted by Crippen LogP contribution is -2.58. The van der Waals surface area contributed by atoms with E-state index in [9.17, 15) is 19.1 Å². The Labute approximate surface area is 173 Å². The van der Waals surface area contributed by atoms with Crippen LogP contribution in [0.3, 0.4) is 0 Å². The van der Waals surface area contributed by atoms with Crippen LogP contribution < -0.4 is 15.6 Å². The van der Waals surface area contributed by atoms with Crippen molar-refractivity contribution < 1.29 is 14.3 Å². The van der Waals surface area contributed by atoms with Gasteiger partial charge < -0.3 is 19.9 Å². The summed E-state index contributed by atoms with van der Waals surface area (Å²) in [5.41, 5.74) is -0.0203. The molecule has 0 spiro atoms. The van der Waals surface area contributed by atoms with Crippen molar-refractivity contribution in [2.75, 3.05) is 24.5 Å². The average molecular weight is 412 g/mol. The van der Waals surface area contributed by atoms with Crippen molar-refractivity contribution in [3.05, 3.63) is 46.0 Å². The Morgan fingerprint density at radius 3 is 2.60 bits per heavy atom. The number of aromatic carboxylic acids is 1. The van der Waals surface area contributed by atoms with Crippen LogP contribution in [0.5, 0.6) is 0 Å². The zero-order valence-electron chi connectivity index (χ0n) is 17.5. The molecule has 0 aliphatic carbocycles. The quantitative estimate of drug-likeness (QED) is 0.641. The Bertz CT molecular complexity index is 1220. The van der Waals surface area contributed by atoms with Gasteiger partial charge in [0.2, 0.25) is 5.43 Å². The summed E-state index contributed by atoms with van der Waals surface area (Å²) in [5, 5.41) is 13.4. The number of fused-ring (bicyclic) bond motifs is 2. The number of aromatic nitrogens is 2. The number of anilines is 1. The fourth-order valence-corrected chi connectivity index (χ4v) is 3.92. The molecule has 1 aliphatic rings. The number of nitrogens with one attached hydrogen (secondary N) is 1. The Balaban J connectivity index is 1.92. The van der Waals surface area contributed by atoms with Gasteiger partial charge in [-0.25, -0.2) is 14.2 Å². The van der Waals surface area contributed by atoms with Gasteiger partial charge in [0.1, 0.15) is 17.0 Å². The SMILES string of the molecule is CCNC1CN(c2cc3nc4c(cc3cc2F)c(=O)c(C(=O)O)cn4C(C)(C)C)C1. The molecule has 4 rings (SSSR count). The van der Waals surface area contributed by atoms with Crippen LogP contribution in [0.1, 0.15) is 38.1 Å². The molecule has 0 radical (unpaired) electrons. The highest BCUT2D eigenvalue weighted by Crippen LogP contribution is 2.30. The summed E-state index contributed by atoms with van der Waals surface area (Å²) in [6.45, 7) is 10.1. The normalized spacial score (nSPS) is 15.0. The van der Waals surface area contributed by atoms with Gasteiger partial charge in [-0.05, 0) is 45.5 Å². The number of carboxylic acids is 1. The molecule has 1 fully saturated rings. The van der Waals surface area contributed by atoms with Gasteiger partial charge in [0.25, 0.3) is 0 Å². The van der Waals surface area contributed by atoms with E-state index in [1.54, 1.807) is 16.7 Å². The monoisotopic (exact) mass is 412 g/mol. The van der Waals surface area contributed by atoms with Gasteiger partial charge >= 0.3 is 5.97 Å². The molecule has 1 aliphatic heterocycles. The molecule has 30 heavy (non-hydrogen) atoms. The van der Waals surface area contributed by atoms with E-state index in [4.69, 9.17) is 0 Å². The van der Waals surface area contributed by atoms with Crippen molar-refractivity contribution in [3.63, 3.8) is 0 Å². The number of carboxylic acid groups (broad SMARTS) is 1. The van der Waals surface area contributed by atoms with E-state index < -0.39 is 16.9 Å². The minimum Gasteiger partial charge on any atom is -0.477 e. The summed E-state index contributed by atoms with van der Waals surface area (Å²) < 4.78 is 16.5. The van der Waals surface area contributed by atoms with E-state index in [0.29, 0.717) is 28.3 Å². The first kappa shape index (κ1) is 20.3. The number of rotatable bonds is 4. The van der Waals surface area contributed by atoms with Crippen LogP contribution in [-0.2, 0) is 5.54 Å². The lowest BCUT2D eigenvalue weighted by atomic mass is 10.0. The third-order valence-corrected chi connectivity index (χ3v) is 5.51. The van der Waals surface area contributed by atoms with Crippen molar-refractivity contribution in [2.45, 2.75) is 39.3 Å². The highest BCUT2D eigenvalue weighted by molar-refractivity contribution is 5.97. The fourth-order valence-electron chi connectivity index (χ4n) is 3.92. The van der Waals surface area contributed by atoms with Crippen molar-refractivity contribution in [1.29, 1.82) is 0 Å². The number of nitrogens with zero attached hydrogens (tertiary/aromatic N) is 3. The van der Waals surface area contributed by atoms with Crippen molar-refractivity contribution >= 4 is 33.6 Å². The lowest BCUT2D eigenvalue weighted by molar-refractivity contribution is 0.0694. The fraction of sp³-hybridized carbons (Fsp3) is 0.409. The summed E-state index contributed by atoms with van der Waals surface area (Å²) >= 11 is 0. The number of halogens is 1. The second-order valence-electron chi connectivity index (χ2n) is 8.73. The summed E-state index contributed by atoms with van der Waals surface area (Å²) in [4.78, 5) is 31.0. The first-order valence-electron chi connectivity index (χ1n) is 10.0. The molecule has 2 aromatic heterocycles. The lowest BCUT2D eigenvalue weighted by Gasteiger charge is -2.41. The highest BCUT2D eigenvalue weighted by Gasteiger charge is 2.28. The maximum Gasteiger partial charge on any atom is 0.341 e. The average Bonchev–Trinajstić information content (AvgIpc) is 2.62. The maximum atomic E-state index is 14.8.